The van der Waals surface area contributed by atoms with E-state index in [1.807, 2.05) is 30.3 Å². The Labute approximate surface area is 160 Å². The molecule has 0 radical (unpaired) electrons. The van der Waals surface area contributed by atoms with Crippen molar-refractivity contribution in [3.05, 3.63) is 53.1 Å². The molecular formula is C19H25N3O4S. The molecule has 0 amide bonds. The smallest absolute Gasteiger partial charge is 0.301 e. The summed E-state index contributed by atoms with van der Waals surface area (Å²) in [5.41, 5.74) is 3.61. The van der Waals surface area contributed by atoms with E-state index in [0.29, 0.717) is 17.2 Å². The maximum Gasteiger partial charge on any atom is 0.301 e. The Hall–Kier alpha value is -2.29. The third kappa shape index (κ3) is 3.87. The fraction of sp³-hybridized carbons (Fsp3) is 0.368. The molecule has 27 heavy (non-hydrogen) atoms. The van der Waals surface area contributed by atoms with E-state index in [1.165, 1.54) is 14.1 Å². The lowest BCUT2D eigenvalue weighted by molar-refractivity contribution is 0.353. The van der Waals surface area contributed by atoms with E-state index in [-0.39, 0.29) is 6.04 Å². The summed E-state index contributed by atoms with van der Waals surface area (Å²) < 4.78 is 39.3. The van der Waals surface area contributed by atoms with Gasteiger partial charge in [0.2, 0.25) is 0 Å². The summed E-state index contributed by atoms with van der Waals surface area (Å²) in [5.74, 6) is 1.34. The van der Waals surface area contributed by atoms with Gasteiger partial charge in [-0.1, -0.05) is 18.2 Å². The monoisotopic (exact) mass is 391 g/mol. The minimum Gasteiger partial charge on any atom is -0.493 e. The zero-order valence-electron chi connectivity index (χ0n) is 15.9. The normalized spacial score (nSPS) is 16.7. The predicted octanol–water partition coefficient (Wildman–Crippen LogP) is 2.16. The van der Waals surface area contributed by atoms with Crippen molar-refractivity contribution in [3.63, 3.8) is 0 Å². The lowest BCUT2D eigenvalue weighted by Gasteiger charge is -2.30. The quantitative estimate of drug-likeness (QED) is 0.789. The number of nitrogens with one attached hydrogen (secondary N) is 2. The molecule has 7 nitrogen and oxygen atoms in total. The Balaban J connectivity index is 2.07. The van der Waals surface area contributed by atoms with Gasteiger partial charge in [0, 0.05) is 20.6 Å². The van der Waals surface area contributed by atoms with Gasteiger partial charge in [-0.2, -0.15) is 12.7 Å². The Morgan fingerprint density at radius 1 is 1.07 bits per heavy atom. The van der Waals surface area contributed by atoms with Crippen molar-refractivity contribution in [2.45, 2.75) is 12.5 Å². The first-order chi connectivity index (χ1) is 12.9. The van der Waals surface area contributed by atoms with Crippen molar-refractivity contribution in [1.29, 1.82) is 0 Å². The molecule has 0 saturated heterocycles. The number of anilines is 1. The van der Waals surface area contributed by atoms with Gasteiger partial charge in [-0.25, -0.2) is 0 Å². The van der Waals surface area contributed by atoms with Gasteiger partial charge >= 0.3 is 10.2 Å². The molecule has 0 aromatic heterocycles. The van der Waals surface area contributed by atoms with Crippen LogP contribution in [-0.4, -0.2) is 47.6 Å². The van der Waals surface area contributed by atoms with Crippen LogP contribution in [0.4, 0.5) is 5.69 Å². The number of fused-ring (bicyclic) bond motifs is 1. The standard InChI is InChI=1S/C19H25N3O4S/c1-22(2)27(23,24)21-16-8-6-5-7-14(16)19-15-12-18(26-4)17(25-3)11-13(15)9-10-20-19/h5-8,11-12,19-21H,9-10H2,1-4H3/t19-/m1/s1. The van der Waals surface area contributed by atoms with Crippen LogP contribution in [0.15, 0.2) is 36.4 Å². The highest BCUT2D eigenvalue weighted by molar-refractivity contribution is 7.90. The third-order valence-corrected chi connectivity index (χ3v) is 6.13. The fourth-order valence-corrected chi connectivity index (χ4v) is 3.88. The van der Waals surface area contributed by atoms with Gasteiger partial charge in [-0.05, 0) is 41.3 Å². The van der Waals surface area contributed by atoms with Gasteiger partial charge < -0.3 is 14.8 Å². The van der Waals surface area contributed by atoms with E-state index in [1.54, 1.807) is 20.3 Å². The summed E-state index contributed by atoms with van der Waals surface area (Å²) in [6.45, 7) is 0.780. The molecule has 0 spiro atoms. The molecule has 0 fully saturated rings. The maximum absolute atomic E-state index is 12.3. The Kier molecular flexibility index (Phi) is 5.59. The zero-order chi connectivity index (χ0) is 19.6. The lowest BCUT2D eigenvalue weighted by atomic mass is 9.88. The van der Waals surface area contributed by atoms with E-state index in [2.05, 4.69) is 10.0 Å². The lowest BCUT2D eigenvalue weighted by Crippen LogP contribution is -2.33. The molecule has 1 aliphatic heterocycles. The summed E-state index contributed by atoms with van der Waals surface area (Å²) >= 11 is 0. The SMILES string of the molecule is COc1cc2c(cc1OC)[C@@H](c1ccccc1NS(=O)(=O)N(C)C)NCC2. The highest BCUT2D eigenvalue weighted by Crippen LogP contribution is 2.39. The van der Waals surface area contributed by atoms with E-state index < -0.39 is 10.2 Å². The number of hydrogen-bond acceptors (Lipinski definition) is 5. The number of methoxy groups -OCH3 is 2. The number of benzene rings is 2. The second-order valence-electron chi connectivity index (χ2n) is 6.52. The number of para-hydroxylation sites is 1. The molecule has 0 unspecified atom stereocenters. The first kappa shape index (κ1) is 19.5. The number of nitrogens with zero attached hydrogens (tertiary/aromatic N) is 1. The first-order valence-electron chi connectivity index (χ1n) is 8.64. The van der Waals surface area contributed by atoms with Crippen molar-refractivity contribution >= 4 is 15.9 Å². The molecule has 0 saturated carbocycles. The van der Waals surface area contributed by atoms with Crippen LogP contribution < -0.4 is 19.5 Å². The van der Waals surface area contributed by atoms with Crippen molar-refractivity contribution in [3.8, 4) is 11.5 Å². The topological polar surface area (TPSA) is 79.9 Å². The van der Waals surface area contributed by atoms with E-state index in [9.17, 15) is 8.42 Å². The van der Waals surface area contributed by atoms with E-state index >= 15 is 0 Å². The van der Waals surface area contributed by atoms with Crippen LogP contribution in [0.25, 0.3) is 0 Å². The van der Waals surface area contributed by atoms with Crippen molar-refractivity contribution in [1.82, 2.24) is 9.62 Å². The van der Waals surface area contributed by atoms with Crippen LogP contribution in [0.1, 0.15) is 22.7 Å². The van der Waals surface area contributed by atoms with Gasteiger partial charge in [0.25, 0.3) is 0 Å². The molecular weight excluding hydrogens is 366 g/mol. The molecule has 2 aromatic rings. The molecule has 8 heteroatoms. The summed E-state index contributed by atoms with van der Waals surface area (Å²) in [5, 5.41) is 3.49. The van der Waals surface area contributed by atoms with E-state index in [0.717, 1.165) is 34.0 Å². The van der Waals surface area contributed by atoms with Crippen molar-refractivity contribution in [2.24, 2.45) is 0 Å². The van der Waals surface area contributed by atoms with Crippen LogP contribution in [0.2, 0.25) is 0 Å². The number of rotatable bonds is 6. The molecule has 146 valence electrons. The van der Waals surface area contributed by atoms with Crippen LogP contribution in [0.5, 0.6) is 11.5 Å². The molecule has 1 atom stereocenters. The van der Waals surface area contributed by atoms with Crippen LogP contribution in [0.3, 0.4) is 0 Å². The Morgan fingerprint density at radius 2 is 1.74 bits per heavy atom. The summed E-state index contributed by atoms with van der Waals surface area (Å²) in [6, 6.07) is 11.2. The van der Waals surface area contributed by atoms with Crippen LogP contribution in [0, 0.1) is 0 Å². The zero-order valence-corrected chi connectivity index (χ0v) is 16.8. The Morgan fingerprint density at radius 3 is 2.41 bits per heavy atom. The van der Waals surface area contributed by atoms with Gasteiger partial charge in [0.15, 0.2) is 11.5 Å². The highest BCUT2D eigenvalue weighted by atomic mass is 32.2. The predicted molar refractivity (Wildman–Crippen MR) is 106 cm³/mol. The third-order valence-electron chi connectivity index (χ3n) is 4.69. The largest absolute Gasteiger partial charge is 0.493 e. The molecule has 3 rings (SSSR count). The molecule has 2 aromatic carbocycles. The van der Waals surface area contributed by atoms with Crippen molar-refractivity contribution in [2.75, 3.05) is 39.6 Å². The maximum atomic E-state index is 12.3. The average molecular weight is 391 g/mol. The highest BCUT2D eigenvalue weighted by Gasteiger charge is 2.27. The molecule has 0 aliphatic carbocycles. The van der Waals surface area contributed by atoms with Crippen molar-refractivity contribution < 1.29 is 17.9 Å². The van der Waals surface area contributed by atoms with Crippen LogP contribution >= 0.6 is 0 Å². The first-order valence-corrected chi connectivity index (χ1v) is 10.1. The number of hydrogen-bond donors (Lipinski definition) is 2. The summed E-state index contributed by atoms with van der Waals surface area (Å²) in [4.78, 5) is 0. The average Bonchev–Trinajstić information content (AvgIpc) is 2.66. The molecule has 0 bridgehead atoms. The fourth-order valence-electron chi connectivity index (χ4n) is 3.23. The van der Waals surface area contributed by atoms with E-state index in [4.69, 9.17) is 9.47 Å². The molecule has 1 aliphatic rings. The summed E-state index contributed by atoms with van der Waals surface area (Å²) in [7, 11) is 2.62. The minimum absolute atomic E-state index is 0.158. The Bertz CT molecular complexity index is 929. The van der Waals surface area contributed by atoms with Crippen LogP contribution in [-0.2, 0) is 16.6 Å². The van der Waals surface area contributed by atoms with Gasteiger partial charge in [0.05, 0.1) is 25.9 Å². The van der Waals surface area contributed by atoms with Gasteiger partial charge in [-0.15, -0.1) is 0 Å². The number of ether oxygens (including phenoxy) is 2. The van der Waals surface area contributed by atoms with Gasteiger partial charge in [0.1, 0.15) is 0 Å². The molecule has 1 heterocycles. The second kappa shape index (κ2) is 7.75. The second-order valence-corrected chi connectivity index (χ2v) is 8.40. The van der Waals surface area contributed by atoms with Gasteiger partial charge in [-0.3, -0.25) is 4.72 Å². The summed E-state index contributed by atoms with van der Waals surface area (Å²) in [6.07, 6.45) is 0.859. The molecule has 2 N–H and O–H groups in total. The minimum atomic E-state index is -3.60.